The van der Waals surface area contributed by atoms with Crippen LogP contribution < -0.4 is 0 Å². The predicted molar refractivity (Wildman–Crippen MR) is 93.5 cm³/mol. The minimum atomic E-state index is -0.175. The molecule has 1 amide bonds. The van der Waals surface area contributed by atoms with Gasteiger partial charge in [0.25, 0.3) is 0 Å². The number of amides is 1. The summed E-state index contributed by atoms with van der Waals surface area (Å²) in [7, 11) is 1.66. The molecule has 1 aromatic heterocycles. The van der Waals surface area contributed by atoms with Crippen molar-refractivity contribution < 1.29 is 13.9 Å². The molecule has 25 heavy (non-hydrogen) atoms. The van der Waals surface area contributed by atoms with Gasteiger partial charge >= 0.3 is 0 Å². The molecule has 0 N–H and O–H groups in total. The first-order valence-corrected chi connectivity index (χ1v) is 8.61. The third-order valence-corrected chi connectivity index (χ3v) is 4.85. The summed E-state index contributed by atoms with van der Waals surface area (Å²) in [5.74, 6) is 0.0944. The van der Waals surface area contributed by atoms with Crippen LogP contribution >= 0.6 is 0 Å². The molecule has 1 saturated heterocycles. The number of carbonyl (C=O) groups is 1. The van der Waals surface area contributed by atoms with Gasteiger partial charge in [-0.25, -0.2) is 4.39 Å². The molecule has 1 aliphatic rings. The highest BCUT2D eigenvalue weighted by molar-refractivity contribution is 5.78. The van der Waals surface area contributed by atoms with E-state index in [0.29, 0.717) is 31.5 Å². The number of aromatic nitrogens is 1. The highest BCUT2D eigenvalue weighted by atomic mass is 19.1. The molecular weight excluding hydrogens is 319 g/mol. The Bertz CT molecular complexity index is 708. The van der Waals surface area contributed by atoms with Crippen molar-refractivity contribution in [3.63, 3.8) is 0 Å². The van der Waals surface area contributed by atoms with E-state index < -0.39 is 0 Å². The Morgan fingerprint density at radius 2 is 2.08 bits per heavy atom. The highest BCUT2D eigenvalue weighted by Gasteiger charge is 2.32. The SMILES string of the molecule is CO[C@@H]1CN(C(=O)Cc2ccccn2)CC[C@@H]1Cc1ccccc1F. The summed E-state index contributed by atoms with van der Waals surface area (Å²) in [5, 5.41) is 0. The Kier molecular flexibility index (Phi) is 5.76. The molecule has 1 aromatic carbocycles. The van der Waals surface area contributed by atoms with E-state index in [1.54, 1.807) is 19.4 Å². The van der Waals surface area contributed by atoms with Gasteiger partial charge in [-0.15, -0.1) is 0 Å². The Balaban J connectivity index is 1.61. The molecule has 0 saturated carbocycles. The first-order chi connectivity index (χ1) is 12.2. The van der Waals surface area contributed by atoms with Crippen molar-refractivity contribution in [2.45, 2.75) is 25.4 Å². The summed E-state index contributed by atoms with van der Waals surface area (Å²) in [6, 6.07) is 12.4. The number of methoxy groups -OCH3 is 1. The van der Waals surface area contributed by atoms with Crippen molar-refractivity contribution in [3.8, 4) is 0 Å². The average Bonchev–Trinajstić information content (AvgIpc) is 2.64. The summed E-state index contributed by atoms with van der Waals surface area (Å²) in [4.78, 5) is 18.6. The summed E-state index contributed by atoms with van der Waals surface area (Å²) >= 11 is 0. The molecule has 1 fully saturated rings. The summed E-state index contributed by atoms with van der Waals surface area (Å²) in [6.45, 7) is 1.21. The number of piperidine rings is 1. The van der Waals surface area contributed by atoms with E-state index in [9.17, 15) is 9.18 Å². The number of rotatable bonds is 5. The van der Waals surface area contributed by atoms with Crippen LogP contribution in [-0.4, -0.2) is 42.1 Å². The zero-order valence-electron chi connectivity index (χ0n) is 14.4. The largest absolute Gasteiger partial charge is 0.379 e. The smallest absolute Gasteiger partial charge is 0.228 e. The fourth-order valence-corrected chi connectivity index (χ4v) is 3.41. The second kappa shape index (κ2) is 8.21. The fourth-order valence-electron chi connectivity index (χ4n) is 3.41. The molecule has 5 heteroatoms. The molecule has 1 aliphatic heterocycles. The minimum absolute atomic E-state index is 0.0603. The van der Waals surface area contributed by atoms with Crippen LogP contribution in [0.25, 0.3) is 0 Å². The second-order valence-electron chi connectivity index (χ2n) is 6.46. The third-order valence-electron chi connectivity index (χ3n) is 4.85. The molecular formula is C20H23FN2O2. The van der Waals surface area contributed by atoms with Gasteiger partial charge in [0.05, 0.1) is 12.5 Å². The molecule has 2 aromatic rings. The number of nitrogens with zero attached hydrogens (tertiary/aromatic N) is 2. The molecule has 0 spiro atoms. The number of ether oxygens (including phenoxy) is 1. The topological polar surface area (TPSA) is 42.4 Å². The number of hydrogen-bond donors (Lipinski definition) is 0. The lowest BCUT2D eigenvalue weighted by molar-refractivity contribution is -0.135. The van der Waals surface area contributed by atoms with Crippen molar-refractivity contribution in [1.82, 2.24) is 9.88 Å². The molecule has 0 bridgehead atoms. The summed E-state index contributed by atoms with van der Waals surface area (Å²) < 4.78 is 19.5. The molecule has 3 rings (SSSR count). The van der Waals surface area contributed by atoms with Gasteiger partial charge in [0.2, 0.25) is 5.91 Å². The van der Waals surface area contributed by atoms with Crippen LogP contribution in [0.15, 0.2) is 48.7 Å². The average molecular weight is 342 g/mol. The lowest BCUT2D eigenvalue weighted by Gasteiger charge is -2.38. The van der Waals surface area contributed by atoms with E-state index in [2.05, 4.69) is 4.98 Å². The van der Waals surface area contributed by atoms with Crippen LogP contribution in [0.5, 0.6) is 0 Å². The molecule has 0 radical (unpaired) electrons. The standard InChI is InChI=1S/C20H23FN2O2/c1-25-19-14-23(20(24)13-17-7-4-5-10-22-17)11-9-16(19)12-15-6-2-3-8-18(15)21/h2-8,10,16,19H,9,11-14H2,1H3/t16-,19-/m1/s1. The number of hydrogen-bond acceptors (Lipinski definition) is 3. The van der Waals surface area contributed by atoms with E-state index in [0.717, 1.165) is 12.1 Å². The third kappa shape index (κ3) is 4.42. The Morgan fingerprint density at radius 3 is 2.80 bits per heavy atom. The maximum Gasteiger partial charge on any atom is 0.228 e. The molecule has 4 nitrogen and oxygen atoms in total. The van der Waals surface area contributed by atoms with E-state index in [1.807, 2.05) is 35.2 Å². The van der Waals surface area contributed by atoms with Crippen molar-refractivity contribution in [2.75, 3.05) is 20.2 Å². The zero-order chi connectivity index (χ0) is 17.6. The number of benzene rings is 1. The van der Waals surface area contributed by atoms with Crippen molar-refractivity contribution in [3.05, 3.63) is 65.7 Å². The van der Waals surface area contributed by atoms with Gasteiger partial charge in [-0.3, -0.25) is 9.78 Å². The molecule has 0 aliphatic carbocycles. The normalized spacial score (nSPS) is 20.5. The predicted octanol–water partition coefficient (Wildman–Crippen LogP) is 2.87. The summed E-state index contributed by atoms with van der Waals surface area (Å²) in [5.41, 5.74) is 1.48. The van der Waals surface area contributed by atoms with Crippen LogP contribution in [-0.2, 0) is 22.4 Å². The second-order valence-corrected chi connectivity index (χ2v) is 6.46. The quantitative estimate of drug-likeness (QED) is 0.839. The van der Waals surface area contributed by atoms with Crippen LogP contribution in [0.2, 0.25) is 0 Å². The van der Waals surface area contributed by atoms with E-state index in [-0.39, 0.29) is 23.7 Å². The van der Waals surface area contributed by atoms with Gasteiger partial charge in [0.1, 0.15) is 5.82 Å². The maximum atomic E-state index is 13.9. The van der Waals surface area contributed by atoms with Crippen LogP contribution in [0, 0.1) is 11.7 Å². The van der Waals surface area contributed by atoms with Gasteiger partial charge in [-0.05, 0) is 42.5 Å². The number of pyridine rings is 1. The highest BCUT2D eigenvalue weighted by Crippen LogP contribution is 2.25. The molecule has 132 valence electrons. The van der Waals surface area contributed by atoms with Gasteiger partial charge in [-0.2, -0.15) is 0 Å². The number of likely N-dealkylation sites (tertiary alicyclic amines) is 1. The van der Waals surface area contributed by atoms with E-state index >= 15 is 0 Å². The van der Waals surface area contributed by atoms with Crippen molar-refractivity contribution in [1.29, 1.82) is 0 Å². The summed E-state index contributed by atoms with van der Waals surface area (Å²) in [6.07, 6.45) is 3.35. The lowest BCUT2D eigenvalue weighted by Crippen LogP contribution is -2.48. The first-order valence-electron chi connectivity index (χ1n) is 8.61. The number of halogens is 1. The van der Waals surface area contributed by atoms with Gasteiger partial charge in [0, 0.05) is 32.1 Å². The molecule has 2 heterocycles. The first kappa shape index (κ1) is 17.5. The van der Waals surface area contributed by atoms with Crippen molar-refractivity contribution in [2.24, 2.45) is 5.92 Å². The van der Waals surface area contributed by atoms with E-state index in [4.69, 9.17) is 4.74 Å². The van der Waals surface area contributed by atoms with Crippen LogP contribution in [0.1, 0.15) is 17.7 Å². The minimum Gasteiger partial charge on any atom is -0.379 e. The maximum absolute atomic E-state index is 13.9. The van der Waals surface area contributed by atoms with Gasteiger partial charge in [0.15, 0.2) is 0 Å². The number of carbonyl (C=O) groups excluding carboxylic acids is 1. The van der Waals surface area contributed by atoms with E-state index in [1.165, 1.54) is 6.07 Å². The Morgan fingerprint density at radius 1 is 1.28 bits per heavy atom. The molecule has 2 atom stereocenters. The zero-order valence-corrected chi connectivity index (χ0v) is 14.4. The molecule has 0 unspecified atom stereocenters. The van der Waals surface area contributed by atoms with Gasteiger partial charge < -0.3 is 9.64 Å². The lowest BCUT2D eigenvalue weighted by atomic mass is 9.87. The Labute approximate surface area is 147 Å². The monoisotopic (exact) mass is 342 g/mol. The van der Waals surface area contributed by atoms with Crippen molar-refractivity contribution >= 4 is 5.91 Å². The van der Waals surface area contributed by atoms with Crippen LogP contribution in [0.3, 0.4) is 0 Å². The van der Waals surface area contributed by atoms with Gasteiger partial charge in [-0.1, -0.05) is 24.3 Å². The Hall–Kier alpha value is -2.27. The van der Waals surface area contributed by atoms with Crippen LogP contribution in [0.4, 0.5) is 4.39 Å². The fraction of sp³-hybridized carbons (Fsp3) is 0.400.